The number of likely N-dealkylation sites (tertiary alicyclic amines) is 1. The van der Waals surface area contributed by atoms with Gasteiger partial charge in [-0.1, -0.05) is 18.2 Å². The number of aryl methyl sites for hydroxylation is 1. The number of halogens is 1. The summed E-state index contributed by atoms with van der Waals surface area (Å²) < 4.78 is 13.6. The molecule has 2 aliphatic rings. The van der Waals surface area contributed by atoms with Crippen LogP contribution in [-0.4, -0.2) is 35.8 Å². The second kappa shape index (κ2) is 7.11. The Hall–Kier alpha value is -1.91. The third-order valence-corrected chi connectivity index (χ3v) is 4.71. The van der Waals surface area contributed by atoms with Crippen LogP contribution < -0.4 is 5.32 Å². The van der Waals surface area contributed by atoms with Gasteiger partial charge in [0.1, 0.15) is 5.82 Å². The average Bonchev–Trinajstić information content (AvgIpc) is 3.39. The molecule has 1 aliphatic heterocycles. The molecule has 0 spiro atoms. The molecular formula is C18H23FN2O2. The van der Waals surface area contributed by atoms with Crippen molar-refractivity contribution in [2.24, 2.45) is 5.92 Å². The maximum Gasteiger partial charge on any atom is 0.223 e. The van der Waals surface area contributed by atoms with E-state index in [2.05, 4.69) is 5.32 Å². The molecule has 23 heavy (non-hydrogen) atoms. The predicted molar refractivity (Wildman–Crippen MR) is 85.2 cm³/mol. The lowest BCUT2D eigenvalue weighted by Crippen LogP contribution is -2.47. The van der Waals surface area contributed by atoms with E-state index in [0.29, 0.717) is 31.5 Å². The molecule has 0 bridgehead atoms. The maximum atomic E-state index is 13.6. The van der Waals surface area contributed by atoms with E-state index in [1.165, 1.54) is 6.07 Å². The Kier molecular flexibility index (Phi) is 4.94. The van der Waals surface area contributed by atoms with Crippen molar-refractivity contribution in [1.82, 2.24) is 10.2 Å². The SMILES string of the molecule is O=C(NC1CCN(C(=O)CCc2ccccc2F)CC1)C1CC1. The lowest BCUT2D eigenvalue weighted by atomic mass is 10.0. The molecule has 1 aromatic carbocycles. The third kappa shape index (κ3) is 4.30. The van der Waals surface area contributed by atoms with Crippen molar-refractivity contribution < 1.29 is 14.0 Å². The molecule has 0 radical (unpaired) electrons. The van der Waals surface area contributed by atoms with Crippen LogP contribution in [0.15, 0.2) is 24.3 Å². The molecule has 1 aliphatic carbocycles. The fraction of sp³-hybridized carbons (Fsp3) is 0.556. The topological polar surface area (TPSA) is 49.4 Å². The van der Waals surface area contributed by atoms with E-state index in [-0.39, 0.29) is 29.6 Å². The first-order valence-electron chi connectivity index (χ1n) is 8.45. The molecule has 124 valence electrons. The number of rotatable bonds is 5. The molecule has 1 saturated heterocycles. The van der Waals surface area contributed by atoms with E-state index in [1.54, 1.807) is 18.2 Å². The van der Waals surface area contributed by atoms with Crippen LogP contribution in [0.5, 0.6) is 0 Å². The molecule has 2 fully saturated rings. The van der Waals surface area contributed by atoms with Crippen molar-refractivity contribution in [3.05, 3.63) is 35.6 Å². The summed E-state index contributed by atoms with van der Waals surface area (Å²) in [5, 5.41) is 3.08. The van der Waals surface area contributed by atoms with Crippen LogP contribution in [0.4, 0.5) is 4.39 Å². The van der Waals surface area contributed by atoms with Crippen LogP contribution in [-0.2, 0) is 16.0 Å². The van der Waals surface area contributed by atoms with Gasteiger partial charge in [-0.05, 0) is 43.7 Å². The largest absolute Gasteiger partial charge is 0.353 e. The zero-order valence-corrected chi connectivity index (χ0v) is 13.3. The lowest BCUT2D eigenvalue weighted by Gasteiger charge is -2.32. The third-order valence-electron chi connectivity index (χ3n) is 4.71. The lowest BCUT2D eigenvalue weighted by molar-refractivity contribution is -0.132. The van der Waals surface area contributed by atoms with Gasteiger partial charge in [-0.15, -0.1) is 0 Å². The molecule has 3 rings (SSSR count). The van der Waals surface area contributed by atoms with Gasteiger partial charge >= 0.3 is 0 Å². The van der Waals surface area contributed by atoms with E-state index in [9.17, 15) is 14.0 Å². The van der Waals surface area contributed by atoms with Crippen molar-refractivity contribution in [2.45, 2.75) is 44.6 Å². The molecule has 5 heteroatoms. The molecule has 0 unspecified atom stereocenters. The summed E-state index contributed by atoms with van der Waals surface area (Å²) in [6.07, 6.45) is 4.41. The van der Waals surface area contributed by atoms with Crippen molar-refractivity contribution in [1.29, 1.82) is 0 Å². The Morgan fingerprint density at radius 2 is 1.83 bits per heavy atom. The smallest absolute Gasteiger partial charge is 0.223 e. The number of carbonyl (C=O) groups is 2. The highest BCUT2D eigenvalue weighted by atomic mass is 19.1. The van der Waals surface area contributed by atoms with Gasteiger partial charge in [-0.25, -0.2) is 4.39 Å². The first kappa shape index (κ1) is 16.0. The van der Waals surface area contributed by atoms with Crippen molar-refractivity contribution >= 4 is 11.8 Å². The van der Waals surface area contributed by atoms with E-state index < -0.39 is 0 Å². The zero-order valence-electron chi connectivity index (χ0n) is 13.3. The van der Waals surface area contributed by atoms with Gasteiger partial charge in [0.25, 0.3) is 0 Å². The first-order valence-corrected chi connectivity index (χ1v) is 8.45. The highest BCUT2D eigenvalue weighted by Crippen LogP contribution is 2.29. The van der Waals surface area contributed by atoms with E-state index in [1.807, 2.05) is 4.90 Å². The molecule has 1 heterocycles. The minimum Gasteiger partial charge on any atom is -0.353 e. The molecule has 1 aromatic rings. The van der Waals surface area contributed by atoms with Crippen molar-refractivity contribution in [2.75, 3.05) is 13.1 Å². The van der Waals surface area contributed by atoms with Crippen molar-refractivity contribution in [3.8, 4) is 0 Å². The summed E-state index contributed by atoms with van der Waals surface area (Å²) in [5.41, 5.74) is 0.590. The number of carbonyl (C=O) groups excluding carboxylic acids is 2. The summed E-state index contributed by atoms with van der Waals surface area (Å²) in [4.78, 5) is 25.8. The van der Waals surface area contributed by atoms with Crippen LogP contribution in [0.25, 0.3) is 0 Å². The Balaban J connectivity index is 1.41. The van der Waals surface area contributed by atoms with Gasteiger partial charge in [-0.2, -0.15) is 0 Å². The second-order valence-corrected chi connectivity index (χ2v) is 6.53. The number of nitrogens with one attached hydrogen (secondary N) is 1. The number of amides is 2. The molecule has 4 nitrogen and oxygen atoms in total. The number of benzene rings is 1. The molecular weight excluding hydrogens is 295 g/mol. The van der Waals surface area contributed by atoms with Crippen LogP contribution in [0.3, 0.4) is 0 Å². The zero-order chi connectivity index (χ0) is 16.2. The minimum atomic E-state index is -0.248. The number of hydrogen-bond donors (Lipinski definition) is 1. The second-order valence-electron chi connectivity index (χ2n) is 6.53. The fourth-order valence-corrected chi connectivity index (χ4v) is 3.04. The van der Waals surface area contributed by atoms with Gasteiger partial charge in [-0.3, -0.25) is 9.59 Å². The monoisotopic (exact) mass is 318 g/mol. The molecule has 0 atom stereocenters. The summed E-state index contributed by atoms with van der Waals surface area (Å²) in [6, 6.07) is 6.78. The number of hydrogen-bond acceptors (Lipinski definition) is 2. The Labute approximate surface area is 136 Å². The molecule has 2 amide bonds. The van der Waals surface area contributed by atoms with Gasteiger partial charge in [0.05, 0.1) is 0 Å². The summed E-state index contributed by atoms with van der Waals surface area (Å²) in [5.74, 6) is 0.228. The van der Waals surface area contributed by atoms with E-state index >= 15 is 0 Å². The first-order chi connectivity index (χ1) is 11.1. The fourth-order valence-electron chi connectivity index (χ4n) is 3.04. The van der Waals surface area contributed by atoms with Crippen molar-refractivity contribution in [3.63, 3.8) is 0 Å². The molecule has 1 saturated carbocycles. The molecule has 1 N–H and O–H groups in total. The van der Waals surface area contributed by atoms with Crippen LogP contribution >= 0.6 is 0 Å². The van der Waals surface area contributed by atoms with Crippen LogP contribution in [0.1, 0.15) is 37.7 Å². The normalized spacial score (nSPS) is 18.7. The Bertz CT molecular complexity index is 578. The van der Waals surface area contributed by atoms with Gasteiger partial charge < -0.3 is 10.2 Å². The summed E-state index contributed by atoms with van der Waals surface area (Å²) in [7, 11) is 0. The van der Waals surface area contributed by atoms with Crippen LogP contribution in [0, 0.1) is 11.7 Å². The Morgan fingerprint density at radius 1 is 1.13 bits per heavy atom. The standard InChI is InChI=1S/C18H23FN2O2/c19-16-4-2-1-3-13(16)7-8-17(22)21-11-9-15(10-12-21)20-18(23)14-5-6-14/h1-4,14-15H,5-12H2,(H,20,23). The van der Waals surface area contributed by atoms with Crippen LogP contribution in [0.2, 0.25) is 0 Å². The number of nitrogens with zero attached hydrogens (tertiary/aromatic N) is 1. The summed E-state index contributed by atoms with van der Waals surface area (Å²) >= 11 is 0. The average molecular weight is 318 g/mol. The quantitative estimate of drug-likeness (QED) is 0.905. The number of piperidine rings is 1. The van der Waals surface area contributed by atoms with Gasteiger partial charge in [0, 0.05) is 31.5 Å². The van der Waals surface area contributed by atoms with Gasteiger partial charge in [0.2, 0.25) is 11.8 Å². The highest BCUT2D eigenvalue weighted by Gasteiger charge is 2.32. The minimum absolute atomic E-state index is 0.0697. The van der Waals surface area contributed by atoms with E-state index in [0.717, 1.165) is 25.7 Å². The maximum absolute atomic E-state index is 13.6. The Morgan fingerprint density at radius 3 is 2.48 bits per heavy atom. The van der Waals surface area contributed by atoms with Gasteiger partial charge in [0.15, 0.2) is 0 Å². The highest BCUT2D eigenvalue weighted by molar-refractivity contribution is 5.81. The van der Waals surface area contributed by atoms with E-state index in [4.69, 9.17) is 0 Å². The summed E-state index contributed by atoms with van der Waals surface area (Å²) in [6.45, 7) is 1.34. The molecule has 0 aromatic heterocycles. The predicted octanol–water partition coefficient (Wildman–Crippen LogP) is 2.28.